The Balaban J connectivity index is 1.99. The Morgan fingerprint density at radius 2 is 1.71 bits per heavy atom. The predicted octanol–water partition coefficient (Wildman–Crippen LogP) is 4.33. The number of sulfonamides is 1. The minimum absolute atomic E-state index is 0.345. The molecule has 0 fully saturated rings. The number of aryl methyl sites for hydroxylation is 1. The summed E-state index contributed by atoms with van der Waals surface area (Å²) < 4.78 is 26.3. The van der Waals surface area contributed by atoms with E-state index in [0.717, 1.165) is 22.6 Å². The topological polar surface area (TPSA) is 66.5 Å². The van der Waals surface area contributed by atoms with Gasteiger partial charge in [-0.05, 0) is 42.5 Å². The molecule has 1 amide bonds. The summed E-state index contributed by atoms with van der Waals surface area (Å²) >= 11 is 0. The number of amides is 1. The van der Waals surface area contributed by atoms with Crippen LogP contribution in [0.3, 0.4) is 0 Å². The highest BCUT2D eigenvalue weighted by atomic mass is 32.2. The van der Waals surface area contributed by atoms with E-state index < -0.39 is 16.1 Å². The largest absolute Gasteiger partial charge is 0.324 e. The van der Waals surface area contributed by atoms with Crippen LogP contribution in [0.5, 0.6) is 0 Å². The monoisotopic (exact) mass is 396 g/mol. The average Bonchev–Trinajstić information content (AvgIpc) is 2.65. The second-order valence-corrected chi connectivity index (χ2v) is 8.70. The third kappa shape index (κ3) is 4.17. The Labute approximate surface area is 166 Å². The van der Waals surface area contributed by atoms with Crippen LogP contribution < -0.4 is 9.62 Å². The van der Waals surface area contributed by atoms with Crippen molar-refractivity contribution in [1.82, 2.24) is 0 Å². The summed E-state index contributed by atoms with van der Waals surface area (Å²) in [6, 6.07) is 19.7. The number of rotatable bonds is 6. The molecule has 1 atom stereocenters. The van der Waals surface area contributed by atoms with Crippen molar-refractivity contribution in [3.05, 3.63) is 72.3 Å². The molecule has 0 unspecified atom stereocenters. The van der Waals surface area contributed by atoms with Gasteiger partial charge >= 0.3 is 0 Å². The number of carbonyl (C=O) groups excluding carboxylic acids is 1. The minimum atomic E-state index is -3.65. The molecule has 1 N–H and O–H groups in total. The molecule has 28 heavy (non-hydrogen) atoms. The Hall–Kier alpha value is -2.86. The molecule has 3 aromatic rings. The van der Waals surface area contributed by atoms with Gasteiger partial charge in [0.2, 0.25) is 15.9 Å². The van der Waals surface area contributed by atoms with Gasteiger partial charge in [0, 0.05) is 11.1 Å². The zero-order chi connectivity index (χ0) is 20.3. The van der Waals surface area contributed by atoms with E-state index in [1.165, 1.54) is 4.31 Å². The summed E-state index contributed by atoms with van der Waals surface area (Å²) in [7, 11) is -3.65. The maximum atomic E-state index is 13.1. The van der Waals surface area contributed by atoms with Gasteiger partial charge in [-0.1, -0.05) is 55.5 Å². The van der Waals surface area contributed by atoms with Gasteiger partial charge in [0.25, 0.3) is 0 Å². The van der Waals surface area contributed by atoms with Crippen LogP contribution in [0, 0.1) is 6.92 Å². The van der Waals surface area contributed by atoms with Crippen LogP contribution in [0.25, 0.3) is 10.8 Å². The molecule has 0 radical (unpaired) electrons. The van der Waals surface area contributed by atoms with E-state index in [1.807, 2.05) is 55.5 Å². The molecule has 0 aliphatic heterocycles. The molecule has 3 rings (SSSR count). The fourth-order valence-corrected chi connectivity index (χ4v) is 4.58. The number of benzene rings is 3. The fraction of sp³-hybridized carbons (Fsp3) is 0.227. The molecule has 6 heteroatoms. The lowest BCUT2D eigenvalue weighted by molar-refractivity contribution is -0.117. The minimum Gasteiger partial charge on any atom is -0.324 e. The first-order chi connectivity index (χ1) is 13.3. The molecule has 0 aliphatic rings. The first kappa shape index (κ1) is 19.9. The van der Waals surface area contributed by atoms with Gasteiger partial charge in [-0.2, -0.15) is 0 Å². The van der Waals surface area contributed by atoms with E-state index in [0.29, 0.717) is 17.8 Å². The quantitative estimate of drug-likeness (QED) is 0.674. The van der Waals surface area contributed by atoms with Gasteiger partial charge in [-0.3, -0.25) is 9.10 Å². The molecule has 146 valence electrons. The summed E-state index contributed by atoms with van der Waals surface area (Å²) in [6.07, 6.45) is 1.47. The Morgan fingerprint density at radius 1 is 1.04 bits per heavy atom. The first-order valence-corrected chi connectivity index (χ1v) is 11.0. The Morgan fingerprint density at radius 3 is 2.39 bits per heavy atom. The molecule has 0 bridgehead atoms. The van der Waals surface area contributed by atoms with E-state index >= 15 is 0 Å². The van der Waals surface area contributed by atoms with Gasteiger partial charge in [0.05, 0.1) is 11.9 Å². The summed E-state index contributed by atoms with van der Waals surface area (Å²) in [5.74, 6) is -0.356. The van der Waals surface area contributed by atoms with Gasteiger partial charge in [-0.15, -0.1) is 0 Å². The SMILES string of the molecule is CC[C@@H](C(=O)Nc1cccc2ccccc12)N(c1cccc(C)c1)S(C)(=O)=O. The number of nitrogens with zero attached hydrogens (tertiary/aromatic N) is 1. The van der Waals surface area contributed by atoms with Crippen molar-refractivity contribution < 1.29 is 13.2 Å². The predicted molar refractivity (Wildman–Crippen MR) is 115 cm³/mol. The van der Waals surface area contributed by atoms with E-state index in [-0.39, 0.29) is 5.91 Å². The smallest absolute Gasteiger partial charge is 0.248 e. The van der Waals surface area contributed by atoms with E-state index in [2.05, 4.69) is 5.32 Å². The maximum absolute atomic E-state index is 13.1. The number of carbonyl (C=O) groups is 1. The number of nitrogens with one attached hydrogen (secondary N) is 1. The van der Waals surface area contributed by atoms with Crippen molar-refractivity contribution in [2.45, 2.75) is 26.3 Å². The van der Waals surface area contributed by atoms with Crippen LogP contribution in [0.15, 0.2) is 66.7 Å². The second kappa shape index (κ2) is 8.02. The highest BCUT2D eigenvalue weighted by molar-refractivity contribution is 7.92. The summed E-state index contributed by atoms with van der Waals surface area (Å²) in [6.45, 7) is 3.70. The van der Waals surface area contributed by atoms with E-state index in [4.69, 9.17) is 0 Å². The molecule has 0 spiro atoms. The molecular formula is C22H24N2O3S. The number of hydrogen-bond acceptors (Lipinski definition) is 3. The van der Waals surface area contributed by atoms with Gasteiger partial charge in [0.1, 0.15) is 6.04 Å². The van der Waals surface area contributed by atoms with Crippen molar-refractivity contribution >= 4 is 38.1 Å². The van der Waals surface area contributed by atoms with Crippen molar-refractivity contribution in [2.75, 3.05) is 15.9 Å². The lowest BCUT2D eigenvalue weighted by atomic mass is 10.1. The van der Waals surface area contributed by atoms with E-state index in [9.17, 15) is 13.2 Å². The third-order valence-electron chi connectivity index (χ3n) is 4.63. The van der Waals surface area contributed by atoms with Crippen molar-refractivity contribution in [3.63, 3.8) is 0 Å². The van der Waals surface area contributed by atoms with Gasteiger partial charge in [-0.25, -0.2) is 8.42 Å². The standard InChI is InChI=1S/C22H24N2O3S/c1-4-21(24(28(3,26)27)18-12-7-9-16(2)15-18)22(25)23-20-14-8-11-17-10-5-6-13-19(17)20/h5-15,21H,4H2,1-3H3,(H,23,25)/t21-/m0/s1. The molecule has 0 heterocycles. The van der Waals surface area contributed by atoms with Crippen LogP contribution in [-0.4, -0.2) is 26.6 Å². The lowest BCUT2D eigenvalue weighted by Gasteiger charge is -2.30. The molecule has 5 nitrogen and oxygen atoms in total. The van der Waals surface area contributed by atoms with Crippen LogP contribution in [0.2, 0.25) is 0 Å². The average molecular weight is 397 g/mol. The highest BCUT2D eigenvalue weighted by Crippen LogP contribution is 2.26. The molecule has 0 saturated heterocycles. The molecule has 0 aromatic heterocycles. The van der Waals surface area contributed by atoms with Gasteiger partial charge < -0.3 is 5.32 Å². The molecule has 3 aromatic carbocycles. The van der Waals surface area contributed by atoms with Gasteiger partial charge in [0.15, 0.2) is 0 Å². The van der Waals surface area contributed by atoms with Crippen LogP contribution in [-0.2, 0) is 14.8 Å². The molecule has 0 aliphatic carbocycles. The van der Waals surface area contributed by atoms with Crippen LogP contribution in [0.4, 0.5) is 11.4 Å². The number of anilines is 2. The third-order valence-corrected chi connectivity index (χ3v) is 5.81. The van der Waals surface area contributed by atoms with E-state index in [1.54, 1.807) is 25.1 Å². The molecular weight excluding hydrogens is 372 g/mol. The number of fused-ring (bicyclic) bond motifs is 1. The van der Waals surface area contributed by atoms with Crippen LogP contribution >= 0.6 is 0 Å². The fourth-order valence-electron chi connectivity index (χ4n) is 3.38. The number of hydrogen-bond donors (Lipinski definition) is 1. The Kier molecular flexibility index (Phi) is 5.70. The highest BCUT2D eigenvalue weighted by Gasteiger charge is 2.31. The zero-order valence-electron chi connectivity index (χ0n) is 16.2. The lowest BCUT2D eigenvalue weighted by Crippen LogP contribution is -2.47. The molecule has 0 saturated carbocycles. The van der Waals surface area contributed by atoms with Crippen molar-refractivity contribution in [3.8, 4) is 0 Å². The second-order valence-electron chi connectivity index (χ2n) is 6.84. The van der Waals surface area contributed by atoms with Crippen LogP contribution in [0.1, 0.15) is 18.9 Å². The normalized spacial score (nSPS) is 12.5. The summed E-state index contributed by atoms with van der Waals surface area (Å²) in [5.41, 5.74) is 2.08. The summed E-state index contributed by atoms with van der Waals surface area (Å²) in [4.78, 5) is 13.1. The van der Waals surface area contributed by atoms with Crippen molar-refractivity contribution in [1.29, 1.82) is 0 Å². The Bertz CT molecular complexity index is 1100. The maximum Gasteiger partial charge on any atom is 0.248 e. The van der Waals surface area contributed by atoms with Crippen molar-refractivity contribution in [2.24, 2.45) is 0 Å². The summed E-state index contributed by atoms with van der Waals surface area (Å²) in [5, 5.41) is 4.85. The first-order valence-electron chi connectivity index (χ1n) is 9.16. The zero-order valence-corrected chi connectivity index (χ0v) is 17.0.